The molecule has 3 rings (SSSR count). The van der Waals surface area contributed by atoms with Crippen LogP contribution < -0.4 is 11.1 Å². The molecule has 0 aromatic heterocycles. The van der Waals surface area contributed by atoms with Gasteiger partial charge in [0, 0.05) is 37.5 Å². The lowest BCUT2D eigenvalue weighted by molar-refractivity contribution is -0.136. The van der Waals surface area contributed by atoms with E-state index in [0.717, 1.165) is 51.5 Å². The summed E-state index contributed by atoms with van der Waals surface area (Å²) in [6.45, 7) is 1.83. The SMILES string of the molecule is NCCN(CCc1ccccc1)C(=O)C1CCC(NC(=O)C2CCCC2)CC1. The highest BCUT2D eigenvalue weighted by Crippen LogP contribution is 2.28. The largest absolute Gasteiger partial charge is 0.353 e. The number of nitrogens with one attached hydrogen (secondary N) is 1. The van der Waals surface area contributed by atoms with E-state index >= 15 is 0 Å². The fraction of sp³-hybridized carbons (Fsp3) is 0.652. The topological polar surface area (TPSA) is 75.4 Å². The molecule has 0 saturated heterocycles. The Morgan fingerprint density at radius 2 is 1.61 bits per heavy atom. The molecule has 28 heavy (non-hydrogen) atoms. The molecule has 0 heterocycles. The van der Waals surface area contributed by atoms with Gasteiger partial charge >= 0.3 is 0 Å². The second-order valence-corrected chi connectivity index (χ2v) is 8.39. The number of amides is 2. The number of carbonyl (C=O) groups excluding carboxylic acids is 2. The molecule has 0 radical (unpaired) electrons. The van der Waals surface area contributed by atoms with Crippen molar-refractivity contribution in [3.05, 3.63) is 35.9 Å². The summed E-state index contributed by atoms with van der Waals surface area (Å²) in [6.07, 6.45) is 8.83. The number of carbonyl (C=O) groups is 2. The summed E-state index contributed by atoms with van der Waals surface area (Å²) in [4.78, 5) is 27.3. The van der Waals surface area contributed by atoms with Gasteiger partial charge in [-0.25, -0.2) is 0 Å². The average Bonchev–Trinajstić information content (AvgIpc) is 3.27. The van der Waals surface area contributed by atoms with Crippen LogP contribution in [0.15, 0.2) is 30.3 Å². The van der Waals surface area contributed by atoms with Crippen LogP contribution in [0.1, 0.15) is 56.9 Å². The Balaban J connectivity index is 1.45. The standard InChI is InChI=1S/C23H35N3O2/c24-15-17-26(16-14-18-6-2-1-3-7-18)23(28)20-10-12-21(13-11-20)25-22(27)19-8-4-5-9-19/h1-3,6-7,19-21H,4-5,8-17,24H2,(H,25,27). The maximum absolute atomic E-state index is 13.0. The van der Waals surface area contributed by atoms with E-state index in [0.29, 0.717) is 13.1 Å². The van der Waals surface area contributed by atoms with Crippen molar-refractivity contribution in [3.63, 3.8) is 0 Å². The highest BCUT2D eigenvalue weighted by Gasteiger charge is 2.31. The average molecular weight is 386 g/mol. The van der Waals surface area contributed by atoms with Gasteiger partial charge in [-0.3, -0.25) is 9.59 Å². The molecule has 154 valence electrons. The minimum Gasteiger partial charge on any atom is -0.353 e. The van der Waals surface area contributed by atoms with E-state index in [9.17, 15) is 9.59 Å². The molecule has 0 spiro atoms. The number of hydrogen-bond donors (Lipinski definition) is 2. The molecule has 0 unspecified atom stereocenters. The van der Waals surface area contributed by atoms with Gasteiger partial charge in [-0.1, -0.05) is 43.2 Å². The first-order chi connectivity index (χ1) is 13.7. The number of rotatable bonds is 8. The highest BCUT2D eigenvalue weighted by molar-refractivity contribution is 5.80. The van der Waals surface area contributed by atoms with Crippen LogP contribution in [0.2, 0.25) is 0 Å². The van der Waals surface area contributed by atoms with Gasteiger partial charge in [0.25, 0.3) is 0 Å². The first-order valence-corrected chi connectivity index (χ1v) is 11.0. The van der Waals surface area contributed by atoms with Crippen LogP contribution in [0, 0.1) is 11.8 Å². The molecule has 1 aromatic rings. The summed E-state index contributed by atoms with van der Waals surface area (Å²) in [5.74, 6) is 0.765. The van der Waals surface area contributed by atoms with Crippen molar-refractivity contribution >= 4 is 11.8 Å². The lowest BCUT2D eigenvalue weighted by Crippen LogP contribution is -2.45. The Morgan fingerprint density at radius 3 is 2.25 bits per heavy atom. The number of benzene rings is 1. The Hall–Kier alpha value is -1.88. The summed E-state index contributed by atoms with van der Waals surface area (Å²) in [5.41, 5.74) is 7.01. The van der Waals surface area contributed by atoms with Crippen LogP contribution in [-0.4, -0.2) is 42.4 Å². The molecule has 2 aliphatic rings. The number of nitrogens with zero attached hydrogens (tertiary/aromatic N) is 1. The molecule has 0 aliphatic heterocycles. The maximum atomic E-state index is 13.0. The third kappa shape index (κ3) is 5.81. The van der Waals surface area contributed by atoms with Crippen LogP contribution in [-0.2, 0) is 16.0 Å². The van der Waals surface area contributed by atoms with Crippen molar-refractivity contribution < 1.29 is 9.59 Å². The highest BCUT2D eigenvalue weighted by atomic mass is 16.2. The molecule has 5 heteroatoms. The van der Waals surface area contributed by atoms with Gasteiger partial charge in [0.15, 0.2) is 0 Å². The van der Waals surface area contributed by atoms with E-state index in [1.54, 1.807) is 0 Å². The maximum Gasteiger partial charge on any atom is 0.225 e. The molecule has 5 nitrogen and oxygen atoms in total. The summed E-state index contributed by atoms with van der Waals surface area (Å²) in [5, 5.41) is 3.24. The Morgan fingerprint density at radius 1 is 0.929 bits per heavy atom. The van der Waals surface area contributed by atoms with Crippen LogP contribution in [0.4, 0.5) is 0 Å². The first kappa shape index (κ1) is 20.8. The van der Waals surface area contributed by atoms with E-state index in [2.05, 4.69) is 17.4 Å². The molecule has 2 amide bonds. The van der Waals surface area contributed by atoms with Gasteiger partial charge in [-0.15, -0.1) is 0 Å². The molecule has 0 bridgehead atoms. The molecule has 1 aromatic carbocycles. The summed E-state index contributed by atoms with van der Waals surface area (Å²) in [7, 11) is 0. The van der Waals surface area contributed by atoms with Crippen LogP contribution in [0.25, 0.3) is 0 Å². The van der Waals surface area contributed by atoms with Crippen molar-refractivity contribution in [2.24, 2.45) is 17.6 Å². The molecule has 2 fully saturated rings. The smallest absolute Gasteiger partial charge is 0.225 e. The monoisotopic (exact) mass is 385 g/mol. The number of hydrogen-bond acceptors (Lipinski definition) is 3. The van der Waals surface area contributed by atoms with Gasteiger partial charge in [0.2, 0.25) is 11.8 Å². The van der Waals surface area contributed by atoms with Gasteiger partial charge in [0.1, 0.15) is 0 Å². The summed E-state index contributed by atoms with van der Waals surface area (Å²) in [6, 6.07) is 10.5. The fourth-order valence-electron chi connectivity index (χ4n) is 4.65. The van der Waals surface area contributed by atoms with Crippen molar-refractivity contribution in [1.29, 1.82) is 0 Å². The van der Waals surface area contributed by atoms with Crippen molar-refractivity contribution in [1.82, 2.24) is 10.2 Å². The molecular formula is C23H35N3O2. The summed E-state index contributed by atoms with van der Waals surface area (Å²) >= 11 is 0. The Labute approximate surface area is 169 Å². The van der Waals surface area contributed by atoms with Gasteiger partial charge in [-0.2, -0.15) is 0 Å². The second kappa shape index (κ2) is 10.6. The lowest BCUT2D eigenvalue weighted by atomic mass is 9.84. The molecule has 0 atom stereocenters. The van der Waals surface area contributed by atoms with E-state index in [1.165, 1.54) is 18.4 Å². The zero-order valence-electron chi connectivity index (χ0n) is 16.9. The molecule has 2 aliphatic carbocycles. The minimum atomic E-state index is 0.0713. The second-order valence-electron chi connectivity index (χ2n) is 8.39. The Kier molecular flexibility index (Phi) is 7.90. The minimum absolute atomic E-state index is 0.0713. The lowest BCUT2D eigenvalue weighted by Gasteiger charge is -2.33. The van der Waals surface area contributed by atoms with Gasteiger partial charge in [0.05, 0.1) is 0 Å². The first-order valence-electron chi connectivity index (χ1n) is 11.0. The third-order valence-corrected chi connectivity index (χ3v) is 6.37. The quantitative estimate of drug-likeness (QED) is 0.722. The molecule has 3 N–H and O–H groups in total. The zero-order valence-corrected chi connectivity index (χ0v) is 16.9. The summed E-state index contributed by atoms with van der Waals surface area (Å²) < 4.78 is 0. The van der Waals surface area contributed by atoms with Gasteiger partial charge in [-0.05, 0) is 50.5 Å². The predicted octanol–water partition coefficient (Wildman–Crippen LogP) is 2.88. The van der Waals surface area contributed by atoms with Crippen molar-refractivity contribution in [2.75, 3.05) is 19.6 Å². The van der Waals surface area contributed by atoms with E-state index < -0.39 is 0 Å². The van der Waals surface area contributed by atoms with Crippen molar-refractivity contribution in [2.45, 2.75) is 63.8 Å². The normalized spacial score (nSPS) is 22.8. The van der Waals surface area contributed by atoms with Crippen LogP contribution >= 0.6 is 0 Å². The van der Waals surface area contributed by atoms with E-state index in [1.807, 2.05) is 23.1 Å². The predicted molar refractivity (Wildman–Crippen MR) is 112 cm³/mol. The van der Waals surface area contributed by atoms with Crippen LogP contribution in [0.3, 0.4) is 0 Å². The Bertz CT molecular complexity index is 620. The van der Waals surface area contributed by atoms with E-state index in [4.69, 9.17) is 5.73 Å². The van der Waals surface area contributed by atoms with Crippen molar-refractivity contribution in [3.8, 4) is 0 Å². The molecular weight excluding hydrogens is 350 g/mol. The third-order valence-electron chi connectivity index (χ3n) is 6.37. The fourth-order valence-corrected chi connectivity index (χ4v) is 4.65. The zero-order chi connectivity index (χ0) is 19.8. The van der Waals surface area contributed by atoms with E-state index in [-0.39, 0.29) is 29.7 Å². The van der Waals surface area contributed by atoms with Crippen LogP contribution in [0.5, 0.6) is 0 Å². The number of nitrogens with two attached hydrogens (primary N) is 1. The molecule has 2 saturated carbocycles. The van der Waals surface area contributed by atoms with Gasteiger partial charge < -0.3 is 16.0 Å².